The van der Waals surface area contributed by atoms with E-state index in [9.17, 15) is 9.59 Å². The lowest BCUT2D eigenvalue weighted by molar-refractivity contribution is -0.121. The van der Waals surface area contributed by atoms with E-state index in [4.69, 9.17) is 5.73 Å². The average Bonchev–Trinajstić information content (AvgIpc) is 3.12. The van der Waals surface area contributed by atoms with Gasteiger partial charge in [0.25, 0.3) is 0 Å². The molecule has 2 aromatic rings. The van der Waals surface area contributed by atoms with Gasteiger partial charge in [-0.15, -0.1) is 24.8 Å². The summed E-state index contributed by atoms with van der Waals surface area (Å²) >= 11 is 0. The standard InChI is InChI=1S/C20H24N4O2.2ClH/c21-12-19(25)23-17-11-18(22-13-17)20(26)24-16-8-6-15(7-9-16)10-14-4-2-1-3-5-14;;/h1-9,17-18,22H,10-13,21H2,(H,23,25)(H,24,26);2*1H/t17?,18-;;/m0../s1. The first kappa shape index (κ1) is 23.9. The van der Waals surface area contributed by atoms with Crippen LogP contribution in [0.15, 0.2) is 54.6 Å². The van der Waals surface area contributed by atoms with Crippen molar-refractivity contribution in [2.75, 3.05) is 18.4 Å². The van der Waals surface area contributed by atoms with Gasteiger partial charge in [0, 0.05) is 18.3 Å². The monoisotopic (exact) mass is 424 g/mol. The zero-order chi connectivity index (χ0) is 18.4. The van der Waals surface area contributed by atoms with E-state index >= 15 is 0 Å². The molecule has 2 aromatic carbocycles. The predicted octanol–water partition coefficient (Wildman–Crippen LogP) is 1.86. The molecule has 1 saturated heterocycles. The van der Waals surface area contributed by atoms with Crippen molar-refractivity contribution in [1.29, 1.82) is 0 Å². The van der Waals surface area contributed by atoms with Crippen LogP contribution >= 0.6 is 24.8 Å². The third-order valence-electron chi connectivity index (χ3n) is 4.47. The van der Waals surface area contributed by atoms with Gasteiger partial charge in [-0.05, 0) is 36.1 Å². The summed E-state index contributed by atoms with van der Waals surface area (Å²) in [5.74, 6) is -0.294. The fourth-order valence-corrected chi connectivity index (χ4v) is 3.10. The van der Waals surface area contributed by atoms with E-state index in [-0.39, 0.29) is 55.3 Å². The molecule has 8 heteroatoms. The number of nitrogens with two attached hydrogens (primary N) is 1. The van der Waals surface area contributed by atoms with Crippen LogP contribution in [0.1, 0.15) is 17.5 Å². The van der Waals surface area contributed by atoms with Gasteiger partial charge in [0.05, 0.1) is 12.6 Å². The van der Waals surface area contributed by atoms with Gasteiger partial charge in [-0.2, -0.15) is 0 Å². The van der Waals surface area contributed by atoms with Crippen LogP contribution in [0.2, 0.25) is 0 Å². The Balaban J connectivity index is 0.00000196. The van der Waals surface area contributed by atoms with Gasteiger partial charge in [-0.25, -0.2) is 0 Å². The fraction of sp³-hybridized carbons (Fsp3) is 0.300. The largest absolute Gasteiger partial charge is 0.351 e. The minimum atomic E-state index is -0.318. The van der Waals surface area contributed by atoms with E-state index in [2.05, 4.69) is 28.1 Å². The highest BCUT2D eigenvalue weighted by atomic mass is 35.5. The van der Waals surface area contributed by atoms with E-state index in [1.165, 1.54) is 11.1 Å². The normalized spacial score (nSPS) is 17.8. The third-order valence-corrected chi connectivity index (χ3v) is 4.47. The quantitative estimate of drug-likeness (QED) is 0.568. The SMILES string of the molecule is Cl.Cl.NCC(=O)NC1CN[C@H](C(=O)Nc2ccc(Cc3ccccc3)cc2)C1. The number of amides is 2. The summed E-state index contributed by atoms with van der Waals surface area (Å²) in [6.07, 6.45) is 1.42. The Morgan fingerprint density at radius 3 is 2.29 bits per heavy atom. The van der Waals surface area contributed by atoms with E-state index in [0.717, 1.165) is 12.1 Å². The molecule has 1 aliphatic rings. The summed E-state index contributed by atoms with van der Waals surface area (Å²) < 4.78 is 0. The molecule has 0 spiro atoms. The molecule has 152 valence electrons. The Morgan fingerprint density at radius 1 is 1.00 bits per heavy atom. The molecule has 2 amide bonds. The maximum Gasteiger partial charge on any atom is 0.241 e. The summed E-state index contributed by atoms with van der Waals surface area (Å²) in [6.45, 7) is 0.530. The number of benzene rings is 2. The smallest absolute Gasteiger partial charge is 0.241 e. The first-order valence-corrected chi connectivity index (χ1v) is 8.80. The second-order valence-electron chi connectivity index (χ2n) is 6.51. The Kier molecular flexibility index (Phi) is 9.96. The molecule has 1 unspecified atom stereocenters. The van der Waals surface area contributed by atoms with Crippen LogP contribution < -0.4 is 21.7 Å². The number of hydrogen-bond donors (Lipinski definition) is 4. The van der Waals surface area contributed by atoms with Crippen molar-refractivity contribution in [3.8, 4) is 0 Å². The lowest BCUT2D eigenvalue weighted by atomic mass is 10.0. The van der Waals surface area contributed by atoms with Gasteiger partial charge in [0.15, 0.2) is 0 Å². The predicted molar refractivity (Wildman–Crippen MR) is 116 cm³/mol. The topological polar surface area (TPSA) is 96.2 Å². The molecule has 0 radical (unpaired) electrons. The number of carbonyl (C=O) groups excluding carboxylic acids is 2. The Bertz CT molecular complexity index is 757. The fourth-order valence-electron chi connectivity index (χ4n) is 3.10. The second kappa shape index (κ2) is 11.7. The highest BCUT2D eigenvalue weighted by Crippen LogP contribution is 2.15. The maximum absolute atomic E-state index is 12.4. The van der Waals surface area contributed by atoms with Crippen molar-refractivity contribution in [3.05, 3.63) is 65.7 Å². The van der Waals surface area contributed by atoms with Crippen LogP contribution in [-0.2, 0) is 16.0 Å². The number of halogens is 2. The molecule has 0 aliphatic carbocycles. The number of hydrogen-bond acceptors (Lipinski definition) is 4. The molecule has 0 bridgehead atoms. The second-order valence-corrected chi connectivity index (χ2v) is 6.51. The molecule has 6 nitrogen and oxygen atoms in total. The van der Waals surface area contributed by atoms with Crippen LogP contribution in [0.4, 0.5) is 5.69 Å². The molecule has 1 heterocycles. The molecular formula is C20H26Cl2N4O2. The molecule has 2 atom stereocenters. The Labute approximate surface area is 177 Å². The summed E-state index contributed by atoms with van der Waals surface area (Å²) in [6, 6.07) is 17.8. The van der Waals surface area contributed by atoms with Crippen LogP contribution in [0, 0.1) is 0 Å². The molecule has 0 saturated carbocycles. The van der Waals surface area contributed by atoms with Crippen molar-refractivity contribution in [1.82, 2.24) is 10.6 Å². The lowest BCUT2D eigenvalue weighted by Gasteiger charge is -2.13. The average molecular weight is 425 g/mol. The van der Waals surface area contributed by atoms with Crippen molar-refractivity contribution in [2.45, 2.75) is 24.9 Å². The summed E-state index contributed by atoms with van der Waals surface area (Å²) in [5.41, 5.74) is 8.51. The van der Waals surface area contributed by atoms with Gasteiger partial charge in [-0.1, -0.05) is 42.5 Å². The summed E-state index contributed by atoms with van der Waals surface area (Å²) in [5, 5.41) is 8.86. The van der Waals surface area contributed by atoms with Crippen LogP contribution in [0.5, 0.6) is 0 Å². The van der Waals surface area contributed by atoms with Crippen molar-refractivity contribution in [2.24, 2.45) is 5.73 Å². The number of nitrogens with one attached hydrogen (secondary N) is 3. The minimum absolute atomic E-state index is 0. The van der Waals surface area contributed by atoms with E-state index in [1.807, 2.05) is 42.5 Å². The van der Waals surface area contributed by atoms with E-state index in [0.29, 0.717) is 13.0 Å². The first-order chi connectivity index (χ1) is 12.6. The van der Waals surface area contributed by atoms with Crippen LogP contribution in [0.25, 0.3) is 0 Å². The van der Waals surface area contributed by atoms with Crippen LogP contribution in [0.3, 0.4) is 0 Å². The molecule has 1 fully saturated rings. The van der Waals surface area contributed by atoms with Gasteiger partial charge in [0.1, 0.15) is 0 Å². The molecular weight excluding hydrogens is 399 g/mol. The lowest BCUT2D eigenvalue weighted by Crippen LogP contribution is -2.39. The minimum Gasteiger partial charge on any atom is -0.351 e. The van der Waals surface area contributed by atoms with Crippen molar-refractivity contribution >= 4 is 42.3 Å². The van der Waals surface area contributed by atoms with E-state index in [1.54, 1.807) is 0 Å². The number of anilines is 1. The Hall–Kier alpha value is -2.12. The highest BCUT2D eigenvalue weighted by molar-refractivity contribution is 5.95. The zero-order valence-corrected chi connectivity index (χ0v) is 17.0. The molecule has 3 rings (SSSR count). The van der Waals surface area contributed by atoms with E-state index < -0.39 is 0 Å². The van der Waals surface area contributed by atoms with Crippen molar-refractivity contribution in [3.63, 3.8) is 0 Å². The molecule has 28 heavy (non-hydrogen) atoms. The highest BCUT2D eigenvalue weighted by Gasteiger charge is 2.30. The zero-order valence-electron chi connectivity index (χ0n) is 15.4. The number of rotatable bonds is 6. The Morgan fingerprint density at radius 2 is 1.64 bits per heavy atom. The van der Waals surface area contributed by atoms with Gasteiger partial charge >= 0.3 is 0 Å². The third kappa shape index (κ3) is 6.80. The number of carbonyl (C=O) groups is 2. The van der Waals surface area contributed by atoms with Gasteiger partial charge in [0.2, 0.25) is 11.8 Å². The van der Waals surface area contributed by atoms with Gasteiger partial charge in [-0.3, -0.25) is 9.59 Å². The van der Waals surface area contributed by atoms with Gasteiger partial charge < -0.3 is 21.7 Å². The summed E-state index contributed by atoms with van der Waals surface area (Å²) in [7, 11) is 0. The molecule has 5 N–H and O–H groups in total. The van der Waals surface area contributed by atoms with Crippen LogP contribution in [-0.4, -0.2) is 37.0 Å². The first-order valence-electron chi connectivity index (χ1n) is 8.80. The van der Waals surface area contributed by atoms with Crippen molar-refractivity contribution < 1.29 is 9.59 Å². The molecule has 1 aliphatic heterocycles. The summed E-state index contributed by atoms with van der Waals surface area (Å²) in [4.78, 5) is 23.7. The molecule has 0 aromatic heterocycles. The maximum atomic E-state index is 12.4.